The largest absolute Gasteiger partial charge is 0.367 e. The van der Waals surface area contributed by atoms with Crippen molar-refractivity contribution in [3.63, 3.8) is 0 Å². The van der Waals surface area contributed by atoms with E-state index in [1.54, 1.807) is 36.5 Å². The second kappa shape index (κ2) is 9.06. The summed E-state index contributed by atoms with van der Waals surface area (Å²) in [5.74, 6) is 0.649. The number of rotatable bonds is 7. The average molecular weight is 414 g/mol. The van der Waals surface area contributed by atoms with Gasteiger partial charge in [0, 0.05) is 32.7 Å². The fourth-order valence-electron chi connectivity index (χ4n) is 3.37. The van der Waals surface area contributed by atoms with Crippen molar-refractivity contribution >= 4 is 28.2 Å². The van der Waals surface area contributed by atoms with Crippen molar-refractivity contribution in [1.82, 2.24) is 20.4 Å². The van der Waals surface area contributed by atoms with E-state index in [1.165, 1.54) is 11.3 Å². The number of hydrogen-bond donors (Lipinski definition) is 1. The average Bonchev–Trinajstić information content (AvgIpc) is 3.42. The third-order valence-corrected chi connectivity index (χ3v) is 5.65. The van der Waals surface area contributed by atoms with E-state index in [0.717, 1.165) is 36.8 Å². The van der Waals surface area contributed by atoms with Crippen molar-refractivity contribution < 1.29 is 13.6 Å². The molecule has 1 aromatic carbocycles. The maximum atomic E-state index is 12.8. The number of hydrogen-bond acceptors (Lipinski definition) is 8. The Morgan fingerprint density at radius 2 is 2.21 bits per heavy atom. The lowest BCUT2D eigenvalue weighted by molar-refractivity contribution is -0.126. The number of benzene rings is 1. The zero-order chi connectivity index (χ0) is 22.6. The quantitative estimate of drug-likeness (QED) is 0.636. The van der Waals surface area contributed by atoms with Crippen LogP contribution < -0.4 is 10.2 Å². The van der Waals surface area contributed by atoms with Gasteiger partial charge in [0.05, 0.1) is 4.11 Å². The Morgan fingerprint density at radius 1 is 1.31 bits per heavy atom. The van der Waals surface area contributed by atoms with Gasteiger partial charge in [0.15, 0.2) is 11.9 Å². The van der Waals surface area contributed by atoms with Gasteiger partial charge in [-0.2, -0.15) is 5.10 Å². The standard InChI is InChI=1S/C20H22N6O2S/c1-28-18(15-6-3-2-4-7-15)19(27)22-20-25-24-17(29-20)12-14-9-11-26(13-14)16-8-5-10-21-23-16/h2-8,10,14,18H,9,11-13H2,1H3,(H,22,25,27)/t14-,18-/m0/s1/i1D3. The Morgan fingerprint density at radius 3 is 3.00 bits per heavy atom. The molecule has 1 aliphatic rings. The van der Waals surface area contributed by atoms with Crippen LogP contribution in [0.2, 0.25) is 0 Å². The Kier molecular flexibility index (Phi) is 4.98. The van der Waals surface area contributed by atoms with Gasteiger partial charge in [0.1, 0.15) is 5.01 Å². The molecule has 0 radical (unpaired) electrons. The molecule has 4 rings (SSSR count). The highest BCUT2D eigenvalue weighted by atomic mass is 32.1. The molecule has 8 nitrogen and oxygen atoms in total. The van der Waals surface area contributed by atoms with Gasteiger partial charge >= 0.3 is 0 Å². The van der Waals surface area contributed by atoms with Gasteiger partial charge < -0.3 is 9.64 Å². The molecule has 9 heteroatoms. The van der Waals surface area contributed by atoms with Crippen molar-refractivity contribution in [1.29, 1.82) is 0 Å². The molecule has 1 amide bonds. The van der Waals surface area contributed by atoms with Crippen LogP contribution in [0.1, 0.15) is 27.2 Å². The van der Waals surface area contributed by atoms with Gasteiger partial charge in [0.2, 0.25) is 5.13 Å². The molecule has 0 bridgehead atoms. The summed E-state index contributed by atoms with van der Waals surface area (Å²) < 4.78 is 27.2. The summed E-state index contributed by atoms with van der Waals surface area (Å²) in [4.78, 5) is 15.0. The van der Waals surface area contributed by atoms with Crippen molar-refractivity contribution in [2.24, 2.45) is 5.92 Å². The summed E-state index contributed by atoms with van der Waals surface area (Å²) in [5.41, 5.74) is 0.445. The minimum atomic E-state index is -2.72. The summed E-state index contributed by atoms with van der Waals surface area (Å²) in [5, 5.41) is 20.1. The lowest BCUT2D eigenvalue weighted by atomic mass is 10.1. The van der Waals surface area contributed by atoms with Crippen molar-refractivity contribution in [3.05, 3.63) is 59.2 Å². The number of methoxy groups -OCH3 is 1. The predicted molar refractivity (Wildman–Crippen MR) is 111 cm³/mol. The molecule has 2 atom stereocenters. The molecule has 1 N–H and O–H groups in total. The van der Waals surface area contributed by atoms with Gasteiger partial charge in [0.25, 0.3) is 5.91 Å². The summed E-state index contributed by atoms with van der Waals surface area (Å²) in [7, 11) is -2.72. The van der Waals surface area contributed by atoms with Crippen LogP contribution in [0, 0.1) is 5.92 Å². The number of carbonyl (C=O) groups excluding carboxylic acids is 1. The van der Waals surface area contributed by atoms with Crippen LogP contribution in [0.15, 0.2) is 48.7 Å². The van der Waals surface area contributed by atoms with E-state index >= 15 is 0 Å². The third kappa shape index (κ3) is 4.75. The number of amides is 1. The van der Waals surface area contributed by atoms with E-state index in [0.29, 0.717) is 16.6 Å². The van der Waals surface area contributed by atoms with E-state index in [9.17, 15) is 4.79 Å². The van der Waals surface area contributed by atoms with Crippen LogP contribution in [0.5, 0.6) is 0 Å². The molecule has 29 heavy (non-hydrogen) atoms. The van der Waals surface area contributed by atoms with Gasteiger partial charge in [-0.1, -0.05) is 41.7 Å². The van der Waals surface area contributed by atoms with Crippen LogP contribution in [0.3, 0.4) is 0 Å². The topological polar surface area (TPSA) is 93.1 Å². The third-order valence-electron chi connectivity index (χ3n) is 4.79. The first kappa shape index (κ1) is 15.9. The van der Waals surface area contributed by atoms with Crippen molar-refractivity contribution in [3.8, 4) is 0 Å². The molecule has 2 aromatic heterocycles. The summed E-state index contributed by atoms with van der Waals surface area (Å²) >= 11 is 1.28. The van der Waals surface area contributed by atoms with E-state index < -0.39 is 19.0 Å². The monoisotopic (exact) mass is 413 g/mol. The van der Waals surface area contributed by atoms with Crippen molar-refractivity contribution in [2.45, 2.75) is 18.9 Å². The van der Waals surface area contributed by atoms with Crippen LogP contribution in [-0.2, 0) is 16.0 Å². The minimum Gasteiger partial charge on any atom is -0.367 e. The first-order chi connectivity index (χ1) is 15.4. The maximum Gasteiger partial charge on any atom is 0.259 e. The number of anilines is 2. The SMILES string of the molecule is [2H]C([2H])([2H])O[C@H](C(=O)Nc1nnc(C[C@@H]2CCN(c3cccnn3)C2)s1)c1ccccc1. The van der Waals surface area contributed by atoms with Crippen LogP contribution >= 0.6 is 11.3 Å². The van der Waals surface area contributed by atoms with Crippen molar-refractivity contribution in [2.75, 3.05) is 30.3 Å². The highest BCUT2D eigenvalue weighted by Gasteiger charge is 2.26. The predicted octanol–water partition coefficient (Wildman–Crippen LogP) is 2.72. The zero-order valence-electron chi connectivity index (χ0n) is 18.6. The molecule has 0 spiro atoms. The molecule has 0 saturated carbocycles. The Bertz CT molecular complexity index is 1030. The fraction of sp³-hybridized carbons (Fsp3) is 0.350. The highest BCUT2D eigenvalue weighted by Crippen LogP contribution is 2.27. The fourth-order valence-corrected chi connectivity index (χ4v) is 4.23. The molecule has 150 valence electrons. The lowest BCUT2D eigenvalue weighted by Gasteiger charge is -2.15. The van der Waals surface area contributed by atoms with E-state index in [2.05, 4.69) is 30.6 Å². The number of ether oxygens (including phenoxy) is 1. The number of nitrogens with zero attached hydrogens (tertiary/aromatic N) is 5. The molecule has 1 saturated heterocycles. The Balaban J connectivity index is 1.37. The van der Waals surface area contributed by atoms with Crippen LogP contribution in [0.4, 0.5) is 10.9 Å². The molecule has 3 aromatic rings. The molecule has 0 unspecified atom stereocenters. The summed E-state index contributed by atoms with van der Waals surface area (Å²) in [6.45, 7) is 1.75. The Hall–Kier alpha value is -2.91. The van der Waals surface area contributed by atoms with Gasteiger partial charge in [-0.25, -0.2) is 0 Å². The minimum absolute atomic E-state index is 0.309. The normalized spacial score (nSPS) is 19.2. The summed E-state index contributed by atoms with van der Waals surface area (Å²) in [6.07, 6.45) is 2.10. The maximum absolute atomic E-state index is 12.8. The smallest absolute Gasteiger partial charge is 0.259 e. The molecular weight excluding hydrogens is 388 g/mol. The lowest BCUT2D eigenvalue weighted by Crippen LogP contribution is -2.22. The number of carbonyl (C=O) groups is 1. The second-order valence-electron chi connectivity index (χ2n) is 6.79. The number of aromatic nitrogens is 4. The van der Waals surface area contributed by atoms with E-state index in [4.69, 9.17) is 8.85 Å². The van der Waals surface area contributed by atoms with E-state index in [1.807, 2.05) is 12.1 Å². The Labute approximate surface area is 177 Å². The summed E-state index contributed by atoms with van der Waals surface area (Å²) in [6, 6.07) is 12.3. The molecular formula is C20H22N6O2S. The van der Waals surface area contributed by atoms with E-state index in [-0.39, 0.29) is 0 Å². The second-order valence-corrected chi connectivity index (χ2v) is 7.85. The van der Waals surface area contributed by atoms with Gasteiger partial charge in [-0.15, -0.1) is 15.3 Å². The zero-order valence-corrected chi connectivity index (χ0v) is 16.4. The van der Waals surface area contributed by atoms with Crippen LogP contribution in [0.25, 0.3) is 0 Å². The van der Waals surface area contributed by atoms with Gasteiger partial charge in [-0.05, 0) is 30.0 Å². The van der Waals surface area contributed by atoms with Gasteiger partial charge in [-0.3, -0.25) is 10.1 Å². The highest BCUT2D eigenvalue weighted by molar-refractivity contribution is 7.15. The molecule has 1 fully saturated rings. The molecule has 3 heterocycles. The number of nitrogens with one attached hydrogen (secondary N) is 1. The molecule has 0 aliphatic carbocycles. The van der Waals surface area contributed by atoms with Crippen LogP contribution in [-0.4, -0.2) is 46.4 Å². The molecule has 1 aliphatic heterocycles. The first-order valence-electron chi connectivity index (χ1n) is 10.8. The first-order valence-corrected chi connectivity index (χ1v) is 10.1.